The first-order chi connectivity index (χ1) is 10.7. The first-order valence-corrected chi connectivity index (χ1v) is 9.49. The summed E-state index contributed by atoms with van der Waals surface area (Å²) < 4.78 is 0. The van der Waals surface area contributed by atoms with Gasteiger partial charge in [-0.15, -0.1) is 0 Å². The van der Waals surface area contributed by atoms with E-state index in [2.05, 4.69) is 57.0 Å². The molecule has 1 saturated heterocycles. The molecule has 1 aliphatic carbocycles. The predicted octanol–water partition coefficient (Wildman–Crippen LogP) is 4.28. The maximum atomic E-state index is 13.2. The molecule has 1 fully saturated rings. The van der Waals surface area contributed by atoms with Crippen LogP contribution in [0.5, 0.6) is 0 Å². The van der Waals surface area contributed by atoms with Crippen molar-refractivity contribution in [3.05, 3.63) is 12.2 Å². The lowest BCUT2D eigenvalue weighted by molar-refractivity contribution is -0.140. The third-order valence-corrected chi connectivity index (χ3v) is 5.26. The minimum Gasteiger partial charge on any atom is -0.339 e. The number of rotatable bonds is 5. The van der Waals surface area contributed by atoms with Gasteiger partial charge in [0.2, 0.25) is 5.91 Å². The number of nitrogens with zero attached hydrogens (tertiary/aromatic N) is 1. The zero-order valence-electron chi connectivity index (χ0n) is 15.8. The van der Waals surface area contributed by atoms with Crippen molar-refractivity contribution < 1.29 is 4.79 Å². The SMILES string of the molecule is CCCCN(C(=O)C1CC=CCC1)C1CC(C)(C)NC(C)(C)C1. The summed E-state index contributed by atoms with van der Waals surface area (Å²) in [6, 6.07) is 0.367. The fourth-order valence-electron chi connectivity index (χ4n) is 4.54. The number of nitrogens with one attached hydrogen (secondary N) is 1. The van der Waals surface area contributed by atoms with Gasteiger partial charge in [-0.05, 0) is 66.2 Å². The van der Waals surface area contributed by atoms with Gasteiger partial charge < -0.3 is 10.2 Å². The highest BCUT2D eigenvalue weighted by Gasteiger charge is 2.41. The molecule has 1 aliphatic heterocycles. The van der Waals surface area contributed by atoms with Crippen LogP contribution in [0.25, 0.3) is 0 Å². The number of hydrogen-bond donors (Lipinski definition) is 1. The summed E-state index contributed by atoms with van der Waals surface area (Å²) in [6.07, 6.45) is 11.8. The molecule has 2 aliphatic rings. The Morgan fingerprint density at radius 1 is 1.17 bits per heavy atom. The summed E-state index contributed by atoms with van der Waals surface area (Å²) in [4.78, 5) is 15.4. The zero-order valence-corrected chi connectivity index (χ0v) is 15.8. The fraction of sp³-hybridized carbons (Fsp3) is 0.850. The summed E-state index contributed by atoms with van der Waals surface area (Å²) >= 11 is 0. The van der Waals surface area contributed by atoms with Gasteiger partial charge in [-0.2, -0.15) is 0 Å². The Morgan fingerprint density at radius 2 is 1.83 bits per heavy atom. The standard InChI is InChI=1S/C20H36N2O/c1-6-7-13-22(18(23)16-11-9-8-10-12-16)17-14-19(2,3)21-20(4,5)15-17/h8-9,16-17,21H,6-7,10-15H2,1-5H3. The highest BCUT2D eigenvalue weighted by Crippen LogP contribution is 2.33. The average Bonchev–Trinajstić information content (AvgIpc) is 2.45. The van der Waals surface area contributed by atoms with E-state index in [1.54, 1.807) is 0 Å². The Balaban J connectivity index is 2.16. The number of piperidine rings is 1. The van der Waals surface area contributed by atoms with Gasteiger partial charge >= 0.3 is 0 Å². The molecule has 3 nitrogen and oxygen atoms in total. The van der Waals surface area contributed by atoms with Gasteiger partial charge in [0.25, 0.3) is 0 Å². The van der Waals surface area contributed by atoms with Crippen LogP contribution in [0.4, 0.5) is 0 Å². The third-order valence-electron chi connectivity index (χ3n) is 5.26. The Kier molecular flexibility index (Phi) is 5.94. The Hall–Kier alpha value is -0.830. The molecule has 0 aromatic carbocycles. The van der Waals surface area contributed by atoms with Gasteiger partial charge in [-0.3, -0.25) is 4.79 Å². The highest BCUT2D eigenvalue weighted by molar-refractivity contribution is 5.79. The molecule has 0 aromatic heterocycles. The molecule has 0 aromatic rings. The van der Waals surface area contributed by atoms with E-state index >= 15 is 0 Å². The third kappa shape index (κ3) is 5.07. The maximum absolute atomic E-state index is 13.2. The zero-order chi connectivity index (χ0) is 17.1. The molecule has 23 heavy (non-hydrogen) atoms. The normalized spacial score (nSPS) is 26.9. The van der Waals surface area contributed by atoms with Crippen LogP contribution in [0, 0.1) is 5.92 Å². The lowest BCUT2D eigenvalue weighted by atomic mass is 9.78. The highest BCUT2D eigenvalue weighted by atomic mass is 16.2. The summed E-state index contributed by atoms with van der Waals surface area (Å²) in [5.74, 6) is 0.610. The van der Waals surface area contributed by atoms with Gasteiger partial charge in [-0.1, -0.05) is 25.5 Å². The van der Waals surface area contributed by atoms with Crippen LogP contribution in [0.1, 0.15) is 79.6 Å². The van der Waals surface area contributed by atoms with Crippen LogP contribution in [-0.4, -0.2) is 34.5 Å². The second-order valence-electron chi connectivity index (χ2n) is 8.82. The molecule has 1 unspecified atom stereocenters. The first kappa shape index (κ1) is 18.5. The summed E-state index contributed by atoms with van der Waals surface area (Å²) in [5.41, 5.74) is 0.174. The molecule has 0 bridgehead atoms. The largest absolute Gasteiger partial charge is 0.339 e. The van der Waals surface area contributed by atoms with Gasteiger partial charge in [0, 0.05) is 29.6 Å². The number of carbonyl (C=O) groups is 1. The van der Waals surface area contributed by atoms with Crippen molar-refractivity contribution in [2.45, 2.75) is 96.7 Å². The molecule has 1 atom stereocenters. The Morgan fingerprint density at radius 3 is 2.35 bits per heavy atom. The predicted molar refractivity (Wildman–Crippen MR) is 97.4 cm³/mol. The number of allylic oxidation sites excluding steroid dienone is 2. The molecule has 3 heteroatoms. The molecule has 0 saturated carbocycles. The van der Waals surface area contributed by atoms with Crippen LogP contribution in [0.15, 0.2) is 12.2 Å². The van der Waals surface area contributed by atoms with Crippen molar-refractivity contribution in [1.82, 2.24) is 10.2 Å². The molecule has 1 heterocycles. The molecule has 0 radical (unpaired) electrons. The first-order valence-electron chi connectivity index (χ1n) is 9.49. The van der Waals surface area contributed by atoms with Gasteiger partial charge in [-0.25, -0.2) is 0 Å². The van der Waals surface area contributed by atoms with Crippen molar-refractivity contribution >= 4 is 5.91 Å². The van der Waals surface area contributed by atoms with Crippen LogP contribution < -0.4 is 5.32 Å². The summed E-state index contributed by atoms with van der Waals surface area (Å²) in [7, 11) is 0. The minimum absolute atomic E-state index is 0.0869. The number of hydrogen-bond acceptors (Lipinski definition) is 2. The molecule has 1 amide bonds. The fourth-order valence-corrected chi connectivity index (χ4v) is 4.54. The number of unbranched alkanes of at least 4 members (excludes halogenated alkanes) is 1. The smallest absolute Gasteiger partial charge is 0.226 e. The van der Waals surface area contributed by atoms with Crippen molar-refractivity contribution in [2.75, 3.05) is 6.54 Å². The van der Waals surface area contributed by atoms with Crippen molar-refractivity contribution in [3.63, 3.8) is 0 Å². The Bertz CT molecular complexity index is 423. The monoisotopic (exact) mass is 320 g/mol. The van der Waals surface area contributed by atoms with Crippen LogP contribution in [-0.2, 0) is 4.79 Å². The molecule has 0 spiro atoms. The van der Waals surface area contributed by atoms with Crippen LogP contribution in [0.3, 0.4) is 0 Å². The summed E-state index contributed by atoms with van der Waals surface area (Å²) in [6.45, 7) is 12.2. The van der Waals surface area contributed by atoms with E-state index in [9.17, 15) is 4.79 Å². The molecule has 2 rings (SSSR count). The van der Waals surface area contributed by atoms with Crippen molar-refractivity contribution in [3.8, 4) is 0 Å². The maximum Gasteiger partial charge on any atom is 0.226 e. The second-order valence-corrected chi connectivity index (χ2v) is 8.82. The van der Waals surface area contributed by atoms with Crippen molar-refractivity contribution in [1.29, 1.82) is 0 Å². The van der Waals surface area contributed by atoms with E-state index in [0.29, 0.717) is 11.9 Å². The van der Waals surface area contributed by atoms with Gasteiger partial charge in [0.1, 0.15) is 0 Å². The van der Waals surface area contributed by atoms with Crippen LogP contribution in [0.2, 0.25) is 0 Å². The van der Waals surface area contributed by atoms with E-state index in [4.69, 9.17) is 0 Å². The van der Waals surface area contributed by atoms with Gasteiger partial charge in [0.15, 0.2) is 0 Å². The van der Waals surface area contributed by atoms with Crippen LogP contribution >= 0.6 is 0 Å². The van der Waals surface area contributed by atoms with E-state index in [0.717, 1.165) is 51.5 Å². The lowest BCUT2D eigenvalue weighted by Gasteiger charge is -2.50. The van der Waals surface area contributed by atoms with E-state index in [1.165, 1.54) is 0 Å². The summed E-state index contributed by atoms with van der Waals surface area (Å²) in [5, 5.41) is 3.74. The van der Waals surface area contributed by atoms with E-state index in [1.807, 2.05) is 0 Å². The molecular weight excluding hydrogens is 284 g/mol. The van der Waals surface area contributed by atoms with E-state index < -0.39 is 0 Å². The quantitative estimate of drug-likeness (QED) is 0.767. The number of carbonyl (C=O) groups excluding carboxylic acids is 1. The topological polar surface area (TPSA) is 32.3 Å². The average molecular weight is 321 g/mol. The molecular formula is C20H36N2O. The minimum atomic E-state index is 0.0869. The Labute approximate surface area is 142 Å². The van der Waals surface area contributed by atoms with Crippen molar-refractivity contribution in [2.24, 2.45) is 5.92 Å². The van der Waals surface area contributed by atoms with Gasteiger partial charge in [0.05, 0.1) is 0 Å². The number of amides is 1. The molecule has 132 valence electrons. The molecule has 1 N–H and O–H groups in total. The lowest BCUT2D eigenvalue weighted by Crippen LogP contribution is -2.63. The van der Waals surface area contributed by atoms with E-state index in [-0.39, 0.29) is 17.0 Å². The second kappa shape index (κ2) is 7.38.